The molecule has 2 N–H and O–H groups in total. The van der Waals surface area contributed by atoms with Crippen LogP contribution in [-0.4, -0.2) is 29.4 Å². The van der Waals surface area contributed by atoms with E-state index in [-0.39, 0.29) is 36.4 Å². The molecule has 116 valence electrons. The monoisotopic (exact) mass is 296 g/mol. The van der Waals surface area contributed by atoms with Crippen LogP contribution in [0.5, 0.6) is 0 Å². The van der Waals surface area contributed by atoms with E-state index in [2.05, 4.69) is 0 Å². The van der Waals surface area contributed by atoms with Crippen LogP contribution in [-0.2, 0) is 11.2 Å². The summed E-state index contributed by atoms with van der Waals surface area (Å²) in [6.45, 7) is 2.61. The first-order valence-electron chi connectivity index (χ1n) is 7.48. The molecule has 1 aliphatic heterocycles. The smallest absolute Gasteiger partial charge is 0.223 e. The molecule has 0 spiro atoms. The van der Waals surface area contributed by atoms with Crippen LogP contribution in [0.4, 0.5) is 8.78 Å². The molecular weight excluding hydrogens is 274 g/mol. The van der Waals surface area contributed by atoms with Gasteiger partial charge in [-0.1, -0.05) is 0 Å². The topological polar surface area (TPSA) is 46.3 Å². The number of carbonyl (C=O) groups excluding carboxylic acids is 1. The highest BCUT2D eigenvalue weighted by Crippen LogP contribution is 2.21. The molecule has 21 heavy (non-hydrogen) atoms. The Morgan fingerprint density at radius 1 is 1.43 bits per heavy atom. The Bertz CT molecular complexity index is 505. The van der Waals surface area contributed by atoms with Gasteiger partial charge in [-0.2, -0.15) is 0 Å². The molecule has 0 radical (unpaired) electrons. The van der Waals surface area contributed by atoms with E-state index < -0.39 is 11.6 Å². The van der Waals surface area contributed by atoms with Gasteiger partial charge in [0.05, 0.1) is 0 Å². The molecule has 1 fully saturated rings. The first-order chi connectivity index (χ1) is 9.99. The molecular formula is C16H22F2N2O. The van der Waals surface area contributed by atoms with Crippen LogP contribution in [0, 0.1) is 11.6 Å². The number of halogens is 2. The average Bonchev–Trinajstić information content (AvgIpc) is 2.47. The van der Waals surface area contributed by atoms with Crippen LogP contribution in [0.3, 0.4) is 0 Å². The lowest BCUT2D eigenvalue weighted by molar-refractivity contribution is -0.135. The van der Waals surface area contributed by atoms with E-state index in [1.54, 1.807) is 0 Å². The fourth-order valence-electron chi connectivity index (χ4n) is 2.93. The zero-order valence-corrected chi connectivity index (χ0v) is 12.3. The molecule has 2 atom stereocenters. The minimum absolute atomic E-state index is 0.0272. The summed E-state index contributed by atoms with van der Waals surface area (Å²) >= 11 is 0. The Balaban J connectivity index is 1.98. The summed E-state index contributed by atoms with van der Waals surface area (Å²) in [5.74, 6) is -0.975. The van der Waals surface area contributed by atoms with Crippen molar-refractivity contribution in [3.63, 3.8) is 0 Å². The minimum Gasteiger partial charge on any atom is -0.338 e. The second-order valence-corrected chi connectivity index (χ2v) is 5.75. The molecule has 0 aliphatic carbocycles. The standard InChI is InChI=1S/C16H22F2N2O/c1-11(19)15-4-2-3-9-20(15)16(21)8-5-12-10-13(17)6-7-14(12)18/h6-7,10-11,15H,2-5,8-9,19H2,1H3. The molecule has 0 bridgehead atoms. The van der Waals surface area contributed by atoms with Gasteiger partial charge in [-0.3, -0.25) is 4.79 Å². The highest BCUT2D eigenvalue weighted by molar-refractivity contribution is 5.77. The summed E-state index contributed by atoms with van der Waals surface area (Å²) in [5, 5.41) is 0. The average molecular weight is 296 g/mol. The quantitative estimate of drug-likeness (QED) is 0.928. The number of nitrogens with zero attached hydrogens (tertiary/aromatic N) is 1. The lowest BCUT2D eigenvalue weighted by Gasteiger charge is -2.38. The number of benzene rings is 1. The Hall–Kier alpha value is -1.49. The number of likely N-dealkylation sites (tertiary alicyclic amines) is 1. The number of aryl methyl sites for hydroxylation is 1. The van der Waals surface area contributed by atoms with E-state index in [0.717, 1.165) is 37.5 Å². The highest BCUT2D eigenvalue weighted by Gasteiger charge is 2.28. The number of nitrogens with two attached hydrogens (primary N) is 1. The molecule has 1 aromatic carbocycles. The zero-order chi connectivity index (χ0) is 15.4. The van der Waals surface area contributed by atoms with Crippen molar-refractivity contribution in [1.29, 1.82) is 0 Å². The van der Waals surface area contributed by atoms with Crippen LogP contribution in [0.25, 0.3) is 0 Å². The van der Waals surface area contributed by atoms with Crippen molar-refractivity contribution >= 4 is 5.91 Å². The molecule has 3 nitrogen and oxygen atoms in total. The van der Waals surface area contributed by atoms with Crippen LogP contribution in [0.2, 0.25) is 0 Å². The predicted octanol–water partition coefficient (Wildman–Crippen LogP) is 2.63. The summed E-state index contributed by atoms with van der Waals surface area (Å²) in [6, 6.07) is 3.32. The largest absolute Gasteiger partial charge is 0.338 e. The van der Waals surface area contributed by atoms with Crippen molar-refractivity contribution in [3.8, 4) is 0 Å². The molecule has 1 saturated heterocycles. The van der Waals surface area contributed by atoms with Gasteiger partial charge in [0.2, 0.25) is 5.91 Å². The second-order valence-electron chi connectivity index (χ2n) is 5.75. The maximum absolute atomic E-state index is 13.6. The molecule has 1 amide bonds. The number of piperidine rings is 1. The Morgan fingerprint density at radius 2 is 2.19 bits per heavy atom. The van der Waals surface area contributed by atoms with Gasteiger partial charge in [0, 0.05) is 25.0 Å². The van der Waals surface area contributed by atoms with Crippen LogP contribution >= 0.6 is 0 Å². The van der Waals surface area contributed by atoms with E-state index in [0.29, 0.717) is 6.54 Å². The lowest BCUT2D eigenvalue weighted by Crippen LogP contribution is -2.51. The van der Waals surface area contributed by atoms with Crippen LogP contribution in [0.1, 0.15) is 38.2 Å². The third-order valence-corrected chi connectivity index (χ3v) is 4.09. The van der Waals surface area contributed by atoms with Gasteiger partial charge in [-0.05, 0) is 56.4 Å². The van der Waals surface area contributed by atoms with Crippen molar-refractivity contribution in [2.24, 2.45) is 5.73 Å². The summed E-state index contributed by atoms with van der Waals surface area (Å²) in [7, 11) is 0. The van der Waals surface area contributed by atoms with E-state index in [9.17, 15) is 13.6 Å². The van der Waals surface area contributed by atoms with E-state index in [1.165, 1.54) is 0 Å². The third-order valence-electron chi connectivity index (χ3n) is 4.09. The third kappa shape index (κ3) is 4.00. The number of rotatable bonds is 4. The SMILES string of the molecule is CC(N)C1CCCCN1C(=O)CCc1cc(F)ccc1F. The summed E-state index contributed by atoms with van der Waals surface area (Å²) in [4.78, 5) is 14.1. The van der Waals surface area contributed by atoms with E-state index in [4.69, 9.17) is 5.73 Å². The van der Waals surface area contributed by atoms with Gasteiger partial charge in [0.25, 0.3) is 0 Å². The van der Waals surface area contributed by atoms with Crippen molar-refractivity contribution in [2.75, 3.05) is 6.54 Å². The lowest BCUT2D eigenvalue weighted by atomic mass is 9.96. The summed E-state index contributed by atoms with van der Waals surface area (Å²) < 4.78 is 26.7. The maximum Gasteiger partial charge on any atom is 0.223 e. The van der Waals surface area contributed by atoms with Gasteiger partial charge in [0.1, 0.15) is 11.6 Å². The van der Waals surface area contributed by atoms with Gasteiger partial charge in [0.15, 0.2) is 0 Å². The first-order valence-corrected chi connectivity index (χ1v) is 7.48. The molecule has 5 heteroatoms. The number of hydrogen-bond donors (Lipinski definition) is 1. The highest BCUT2D eigenvalue weighted by atomic mass is 19.1. The number of hydrogen-bond acceptors (Lipinski definition) is 2. The summed E-state index contributed by atoms with van der Waals surface area (Å²) in [5.41, 5.74) is 6.19. The maximum atomic E-state index is 13.6. The van der Waals surface area contributed by atoms with Gasteiger partial charge in [-0.25, -0.2) is 8.78 Å². The first kappa shape index (κ1) is 15.9. The predicted molar refractivity (Wildman–Crippen MR) is 77.7 cm³/mol. The Labute approximate surface area is 124 Å². The van der Waals surface area contributed by atoms with Gasteiger partial charge < -0.3 is 10.6 Å². The van der Waals surface area contributed by atoms with Gasteiger partial charge >= 0.3 is 0 Å². The Morgan fingerprint density at radius 3 is 2.90 bits per heavy atom. The van der Waals surface area contributed by atoms with Crippen molar-refractivity contribution in [3.05, 3.63) is 35.4 Å². The van der Waals surface area contributed by atoms with Crippen LogP contribution < -0.4 is 5.73 Å². The van der Waals surface area contributed by atoms with Gasteiger partial charge in [-0.15, -0.1) is 0 Å². The normalized spacial score (nSPS) is 20.4. The molecule has 1 aliphatic rings. The second kappa shape index (κ2) is 6.98. The molecule has 1 aromatic rings. The van der Waals surface area contributed by atoms with Crippen LogP contribution in [0.15, 0.2) is 18.2 Å². The van der Waals surface area contributed by atoms with Crippen molar-refractivity contribution < 1.29 is 13.6 Å². The fraction of sp³-hybridized carbons (Fsp3) is 0.562. The van der Waals surface area contributed by atoms with E-state index in [1.807, 2.05) is 11.8 Å². The van der Waals surface area contributed by atoms with Crippen molar-refractivity contribution in [1.82, 2.24) is 4.90 Å². The molecule has 2 unspecified atom stereocenters. The minimum atomic E-state index is -0.481. The number of carbonyl (C=O) groups is 1. The molecule has 0 saturated carbocycles. The molecule has 1 heterocycles. The number of amides is 1. The van der Waals surface area contributed by atoms with Crippen molar-refractivity contribution in [2.45, 2.75) is 51.1 Å². The summed E-state index contributed by atoms with van der Waals surface area (Å²) in [6.07, 6.45) is 3.36. The van der Waals surface area contributed by atoms with E-state index >= 15 is 0 Å². The zero-order valence-electron chi connectivity index (χ0n) is 12.3. The molecule has 0 aromatic heterocycles. The Kier molecular flexibility index (Phi) is 5.28. The fourth-order valence-corrected chi connectivity index (χ4v) is 2.93. The molecule has 2 rings (SSSR count).